The van der Waals surface area contributed by atoms with Crippen molar-refractivity contribution in [1.29, 1.82) is 5.26 Å². The van der Waals surface area contributed by atoms with Crippen LogP contribution in [-0.2, 0) is 40.1 Å². The van der Waals surface area contributed by atoms with Crippen molar-refractivity contribution in [3.05, 3.63) is 51.4 Å². The van der Waals surface area contributed by atoms with Crippen LogP contribution in [0.25, 0.3) is 0 Å². The van der Waals surface area contributed by atoms with Gasteiger partial charge in [0.15, 0.2) is 12.6 Å². The van der Waals surface area contributed by atoms with Gasteiger partial charge in [0, 0.05) is 16.9 Å². The van der Waals surface area contributed by atoms with Crippen molar-refractivity contribution in [2.45, 2.75) is 45.2 Å². The van der Waals surface area contributed by atoms with Crippen molar-refractivity contribution in [3.8, 4) is 6.07 Å². The van der Waals surface area contributed by atoms with E-state index in [0.717, 1.165) is 40.9 Å². The first-order valence-electron chi connectivity index (χ1n) is 10.3. The molecule has 1 aliphatic carbocycles. The summed E-state index contributed by atoms with van der Waals surface area (Å²) in [7, 11) is 1.39. The Morgan fingerprint density at radius 3 is 2.80 bits per heavy atom. The molecule has 1 amide bonds. The molecule has 0 saturated heterocycles. The van der Waals surface area contributed by atoms with Crippen molar-refractivity contribution >= 4 is 28.2 Å². The fourth-order valence-corrected chi connectivity index (χ4v) is 5.95. The molecule has 7 heteroatoms. The van der Waals surface area contributed by atoms with Crippen LogP contribution in [0, 0.1) is 17.2 Å². The van der Waals surface area contributed by atoms with E-state index in [2.05, 4.69) is 18.3 Å². The van der Waals surface area contributed by atoms with Crippen molar-refractivity contribution in [2.75, 3.05) is 19.0 Å². The molecule has 30 heavy (non-hydrogen) atoms. The number of fused-ring (bicyclic) bond motifs is 2. The Hall–Kier alpha value is -2.69. The molecule has 4 rings (SSSR count). The molecule has 2 aliphatic rings. The lowest BCUT2D eigenvalue weighted by Crippen LogP contribution is -3.17. The maximum Gasteiger partial charge on any atom is 0.365 e. The molecule has 2 heterocycles. The minimum Gasteiger partial charge on any atom is -0.465 e. The second-order valence-corrected chi connectivity index (χ2v) is 9.38. The number of anilines is 1. The lowest BCUT2D eigenvalue weighted by molar-refractivity contribution is -0.924. The molecule has 0 fully saturated rings. The zero-order valence-electron chi connectivity index (χ0n) is 17.3. The number of amides is 1. The van der Waals surface area contributed by atoms with Gasteiger partial charge >= 0.3 is 5.97 Å². The molecule has 1 aromatic heterocycles. The van der Waals surface area contributed by atoms with Gasteiger partial charge in [0.05, 0.1) is 12.7 Å². The van der Waals surface area contributed by atoms with Gasteiger partial charge in [-0.05, 0) is 36.3 Å². The molecule has 2 N–H and O–H groups in total. The molecule has 0 bridgehead atoms. The number of methoxy groups -OCH3 is 1. The average Bonchev–Trinajstić information content (AvgIpc) is 3.08. The summed E-state index contributed by atoms with van der Waals surface area (Å²) in [5.74, 6) is 0.122. The number of thiophene rings is 1. The van der Waals surface area contributed by atoms with Crippen LogP contribution >= 0.6 is 11.3 Å². The highest BCUT2D eigenvalue weighted by Crippen LogP contribution is 2.39. The minimum absolute atomic E-state index is 0.151. The molecule has 6 nitrogen and oxygen atoms in total. The van der Waals surface area contributed by atoms with Crippen LogP contribution in [0.2, 0.25) is 0 Å². The van der Waals surface area contributed by atoms with Gasteiger partial charge in [-0.2, -0.15) is 5.26 Å². The summed E-state index contributed by atoms with van der Waals surface area (Å²) in [5.41, 5.74) is 3.99. The van der Waals surface area contributed by atoms with Gasteiger partial charge in [0.1, 0.15) is 17.6 Å². The molecular weight excluding hydrogens is 398 g/mol. The summed E-state index contributed by atoms with van der Waals surface area (Å²) < 4.78 is 5.00. The Morgan fingerprint density at radius 1 is 1.30 bits per heavy atom. The summed E-state index contributed by atoms with van der Waals surface area (Å²) in [5, 5.41) is 13.3. The highest BCUT2D eigenvalue weighted by Gasteiger charge is 2.37. The Balaban J connectivity index is 1.52. The van der Waals surface area contributed by atoms with E-state index in [1.165, 1.54) is 23.3 Å². The van der Waals surface area contributed by atoms with Crippen LogP contribution < -0.4 is 10.2 Å². The van der Waals surface area contributed by atoms with Crippen molar-refractivity contribution in [2.24, 2.45) is 5.92 Å². The van der Waals surface area contributed by atoms with Crippen LogP contribution in [0.3, 0.4) is 0 Å². The number of nitrogens with zero attached hydrogens (tertiary/aromatic N) is 1. The lowest BCUT2D eigenvalue weighted by atomic mass is 9.88. The maximum absolute atomic E-state index is 12.9. The fourth-order valence-electron chi connectivity index (χ4n) is 4.57. The SMILES string of the molecule is COC(=O)[C@H]1Cc2ccccc2C[NH+]1CC(=O)Nc1sc2c(c1C#N)CC[C@H](C)C2. The van der Waals surface area contributed by atoms with E-state index < -0.39 is 6.04 Å². The van der Waals surface area contributed by atoms with Gasteiger partial charge in [0.2, 0.25) is 0 Å². The molecule has 0 radical (unpaired) electrons. The number of hydrogen-bond donors (Lipinski definition) is 2. The monoisotopic (exact) mass is 424 g/mol. The van der Waals surface area contributed by atoms with Crippen LogP contribution in [0.5, 0.6) is 0 Å². The molecule has 0 spiro atoms. The molecule has 3 atom stereocenters. The third-order valence-corrected chi connectivity index (χ3v) is 7.37. The quantitative estimate of drug-likeness (QED) is 0.734. The number of rotatable bonds is 4. The van der Waals surface area contributed by atoms with Gasteiger partial charge in [-0.25, -0.2) is 4.79 Å². The molecule has 0 saturated carbocycles. The topological polar surface area (TPSA) is 83.6 Å². The van der Waals surface area contributed by atoms with Gasteiger partial charge in [-0.15, -0.1) is 11.3 Å². The normalized spacial score (nSPS) is 22.4. The van der Waals surface area contributed by atoms with Gasteiger partial charge in [-0.3, -0.25) is 4.79 Å². The van der Waals surface area contributed by atoms with Gasteiger partial charge in [0.25, 0.3) is 5.91 Å². The zero-order valence-corrected chi connectivity index (χ0v) is 18.1. The predicted molar refractivity (Wildman–Crippen MR) is 114 cm³/mol. The number of nitriles is 1. The largest absolute Gasteiger partial charge is 0.465 e. The standard InChI is InChI=1S/C23H25N3O3S/c1-14-7-8-17-18(11-24)22(30-20(17)9-14)25-21(27)13-26-12-16-6-4-3-5-15(16)10-19(26)23(28)29-2/h3-6,14,19H,7-10,12-13H2,1-2H3,(H,25,27)/p+1/t14-,19+/m0/s1. The molecule has 1 aromatic carbocycles. The third-order valence-electron chi connectivity index (χ3n) is 6.20. The third kappa shape index (κ3) is 3.98. The molecule has 1 aliphatic heterocycles. The number of esters is 1. The first kappa shape index (κ1) is 20.6. The average molecular weight is 425 g/mol. The highest BCUT2D eigenvalue weighted by molar-refractivity contribution is 7.16. The second kappa shape index (κ2) is 8.58. The molecular formula is C23H26N3O3S+. The first-order chi connectivity index (χ1) is 14.5. The number of hydrogen-bond acceptors (Lipinski definition) is 5. The smallest absolute Gasteiger partial charge is 0.365 e. The number of ether oxygens (including phenoxy) is 1. The Bertz CT molecular complexity index is 1020. The highest BCUT2D eigenvalue weighted by atomic mass is 32.1. The van der Waals surface area contributed by atoms with Crippen molar-refractivity contribution < 1.29 is 19.2 Å². The zero-order chi connectivity index (χ0) is 21.3. The summed E-state index contributed by atoms with van der Waals surface area (Å²) >= 11 is 1.53. The number of carbonyl (C=O) groups excluding carboxylic acids is 2. The Labute approximate surface area is 180 Å². The van der Waals surface area contributed by atoms with Gasteiger partial charge in [-0.1, -0.05) is 31.2 Å². The van der Waals surface area contributed by atoms with E-state index in [1.807, 2.05) is 24.3 Å². The molecule has 156 valence electrons. The maximum atomic E-state index is 12.9. The van der Waals surface area contributed by atoms with Crippen LogP contribution in [-0.4, -0.2) is 31.6 Å². The van der Waals surface area contributed by atoms with E-state index in [4.69, 9.17) is 4.74 Å². The second-order valence-electron chi connectivity index (χ2n) is 8.28. The summed E-state index contributed by atoms with van der Waals surface area (Å²) in [6, 6.07) is 9.89. The summed E-state index contributed by atoms with van der Waals surface area (Å²) in [6.07, 6.45) is 3.48. The predicted octanol–water partition coefficient (Wildman–Crippen LogP) is 1.87. The molecule has 2 aromatic rings. The van der Waals surface area contributed by atoms with Crippen LogP contribution in [0.4, 0.5) is 5.00 Å². The van der Waals surface area contributed by atoms with E-state index in [-0.39, 0.29) is 18.4 Å². The van der Waals surface area contributed by atoms with Crippen LogP contribution in [0.15, 0.2) is 24.3 Å². The van der Waals surface area contributed by atoms with E-state index in [0.29, 0.717) is 29.4 Å². The summed E-state index contributed by atoms with van der Waals surface area (Å²) in [4.78, 5) is 27.4. The Kier molecular flexibility index (Phi) is 5.89. The van der Waals surface area contributed by atoms with E-state index in [9.17, 15) is 14.9 Å². The van der Waals surface area contributed by atoms with E-state index in [1.54, 1.807) is 0 Å². The summed E-state index contributed by atoms with van der Waals surface area (Å²) in [6.45, 7) is 2.96. The van der Waals surface area contributed by atoms with Crippen LogP contribution in [0.1, 0.15) is 40.5 Å². The van der Waals surface area contributed by atoms with Crippen molar-refractivity contribution in [3.63, 3.8) is 0 Å². The number of nitrogens with one attached hydrogen (secondary N) is 2. The minimum atomic E-state index is -0.413. The number of quaternary nitrogens is 1. The van der Waals surface area contributed by atoms with Gasteiger partial charge < -0.3 is 15.0 Å². The fraction of sp³-hybridized carbons (Fsp3) is 0.435. The Morgan fingerprint density at radius 2 is 2.07 bits per heavy atom. The number of benzene rings is 1. The van der Waals surface area contributed by atoms with E-state index >= 15 is 0 Å². The molecule has 1 unspecified atom stereocenters. The number of carbonyl (C=O) groups is 2. The first-order valence-corrected chi connectivity index (χ1v) is 11.2. The lowest BCUT2D eigenvalue weighted by Gasteiger charge is -2.31. The van der Waals surface area contributed by atoms with Crippen molar-refractivity contribution in [1.82, 2.24) is 0 Å².